The van der Waals surface area contributed by atoms with Crippen molar-refractivity contribution < 1.29 is 9.26 Å². The Balaban J connectivity index is 2.21. The summed E-state index contributed by atoms with van der Waals surface area (Å²) in [5.41, 5.74) is 6.99. The van der Waals surface area contributed by atoms with Crippen molar-refractivity contribution in [2.24, 2.45) is 0 Å². The molecule has 2 heterocycles. The minimum atomic E-state index is 0.0511. The number of ether oxygens (including phenoxy) is 1. The lowest BCUT2D eigenvalue weighted by molar-refractivity contribution is 0.116. The van der Waals surface area contributed by atoms with E-state index in [1.165, 1.54) is 0 Å². The van der Waals surface area contributed by atoms with Gasteiger partial charge in [0.2, 0.25) is 0 Å². The molecule has 0 aliphatic heterocycles. The highest BCUT2D eigenvalue weighted by molar-refractivity contribution is 5.68. The van der Waals surface area contributed by atoms with Crippen molar-refractivity contribution in [1.29, 1.82) is 0 Å². The molecule has 1 atom stereocenters. The Morgan fingerprint density at radius 3 is 3.06 bits per heavy atom. The topological polar surface area (TPSA) is 87.1 Å². The highest BCUT2D eigenvalue weighted by Crippen LogP contribution is 2.22. The van der Waals surface area contributed by atoms with Gasteiger partial charge in [0.15, 0.2) is 5.82 Å². The summed E-state index contributed by atoms with van der Waals surface area (Å²) >= 11 is 0. The quantitative estimate of drug-likeness (QED) is 0.857. The molecule has 6 heteroatoms. The maximum Gasteiger partial charge on any atom is 0.260 e. The smallest absolute Gasteiger partial charge is 0.260 e. The Bertz CT molecular complexity index is 498. The number of nitrogens with zero attached hydrogens (tertiary/aromatic N) is 3. The molecule has 2 N–H and O–H groups in total. The number of nitrogen functional groups attached to an aromatic ring is 1. The van der Waals surface area contributed by atoms with Gasteiger partial charge in [0.1, 0.15) is 0 Å². The Morgan fingerprint density at radius 1 is 1.53 bits per heavy atom. The summed E-state index contributed by atoms with van der Waals surface area (Å²) in [5.74, 6) is 1.01. The fraction of sp³-hybridized carbons (Fsp3) is 0.364. The Kier molecular flexibility index (Phi) is 3.34. The van der Waals surface area contributed by atoms with Crippen LogP contribution >= 0.6 is 0 Å². The Hall–Kier alpha value is -1.95. The van der Waals surface area contributed by atoms with Gasteiger partial charge < -0.3 is 15.0 Å². The van der Waals surface area contributed by atoms with E-state index < -0.39 is 0 Å². The third-order valence-electron chi connectivity index (χ3n) is 2.42. The monoisotopic (exact) mass is 234 g/mol. The number of anilines is 1. The molecule has 0 radical (unpaired) electrons. The van der Waals surface area contributed by atoms with Crippen LogP contribution in [0.3, 0.4) is 0 Å². The highest BCUT2D eigenvalue weighted by atomic mass is 16.5. The van der Waals surface area contributed by atoms with Crippen LogP contribution in [0.2, 0.25) is 0 Å². The van der Waals surface area contributed by atoms with Crippen LogP contribution in [0.25, 0.3) is 11.5 Å². The van der Waals surface area contributed by atoms with Gasteiger partial charge in [0.25, 0.3) is 5.89 Å². The molecule has 0 spiro atoms. The number of nitrogens with two attached hydrogens (primary N) is 1. The van der Waals surface area contributed by atoms with Crippen molar-refractivity contribution in [3.8, 4) is 11.5 Å². The van der Waals surface area contributed by atoms with Crippen molar-refractivity contribution in [2.75, 3.05) is 12.8 Å². The number of methoxy groups -OCH3 is 1. The van der Waals surface area contributed by atoms with Crippen LogP contribution in [0.15, 0.2) is 23.0 Å². The van der Waals surface area contributed by atoms with Crippen molar-refractivity contribution in [1.82, 2.24) is 15.1 Å². The molecule has 17 heavy (non-hydrogen) atoms. The molecule has 2 aromatic rings. The summed E-state index contributed by atoms with van der Waals surface area (Å²) in [5, 5.41) is 3.88. The molecule has 1 unspecified atom stereocenters. The van der Waals surface area contributed by atoms with Crippen molar-refractivity contribution >= 4 is 5.69 Å². The van der Waals surface area contributed by atoms with Gasteiger partial charge in [-0.25, -0.2) is 0 Å². The molecule has 0 aliphatic rings. The SMILES string of the molecule is COC(C)Cc1noc(-c2ccncc2N)n1. The van der Waals surface area contributed by atoms with Crippen molar-refractivity contribution in [3.63, 3.8) is 0 Å². The van der Waals surface area contributed by atoms with E-state index >= 15 is 0 Å². The van der Waals surface area contributed by atoms with Crippen LogP contribution < -0.4 is 5.73 Å². The average Bonchev–Trinajstić information content (AvgIpc) is 2.78. The molecule has 0 saturated carbocycles. The molecule has 6 nitrogen and oxygen atoms in total. The first kappa shape index (κ1) is 11.5. The van der Waals surface area contributed by atoms with Gasteiger partial charge in [-0.15, -0.1) is 0 Å². The first-order valence-corrected chi connectivity index (χ1v) is 5.26. The summed E-state index contributed by atoms with van der Waals surface area (Å²) in [7, 11) is 1.65. The average molecular weight is 234 g/mol. The maximum absolute atomic E-state index is 5.77. The summed E-state index contributed by atoms with van der Waals surface area (Å²) < 4.78 is 10.3. The third kappa shape index (κ3) is 2.59. The number of rotatable bonds is 4. The van der Waals surface area contributed by atoms with Gasteiger partial charge in [-0.3, -0.25) is 4.98 Å². The molecule has 0 bridgehead atoms. The fourth-order valence-corrected chi connectivity index (χ4v) is 1.39. The maximum atomic E-state index is 5.77. The number of hydrogen-bond acceptors (Lipinski definition) is 6. The van der Waals surface area contributed by atoms with Crippen molar-refractivity contribution in [3.05, 3.63) is 24.3 Å². The lowest BCUT2D eigenvalue weighted by atomic mass is 10.2. The van der Waals surface area contributed by atoms with Gasteiger partial charge in [-0.2, -0.15) is 4.98 Å². The second kappa shape index (κ2) is 4.92. The minimum Gasteiger partial charge on any atom is -0.397 e. The largest absolute Gasteiger partial charge is 0.397 e. The fourth-order valence-electron chi connectivity index (χ4n) is 1.39. The Morgan fingerprint density at radius 2 is 2.35 bits per heavy atom. The van der Waals surface area contributed by atoms with Crippen LogP contribution in [0.4, 0.5) is 5.69 Å². The minimum absolute atomic E-state index is 0.0511. The second-order valence-corrected chi connectivity index (χ2v) is 3.73. The molecular formula is C11H14N4O2. The van der Waals surface area contributed by atoms with Gasteiger partial charge in [0, 0.05) is 19.7 Å². The van der Waals surface area contributed by atoms with E-state index in [9.17, 15) is 0 Å². The predicted octanol–water partition coefficient (Wildman–Crippen LogP) is 1.29. The van der Waals surface area contributed by atoms with Crippen LogP contribution in [0.5, 0.6) is 0 Å². The summed E-state index contributed by atoms with van der Waals surface area (Å²) in [6.07, 6.45) is 3.84. The molecule has 0 aliphatic carbocycles. The second-order valence-electron chi connectivity index (χ2n) is 3.73. The first-order chi connectivity index (χ1) is 8.20. The van der Waals surface area contributed by atoms with Crippen molar-refractivity contribution in [2.45, 2.75) is 19.4 Å². The van der Waals surface area contributed by atoms with Gasteiger partial charge >= 0.3 is 0 Å². The van der Waals surface area contributed by atoms with Gasteiger partial charge in [-0.05, 0) is 13.0 Å². The molecule has 0 aromatic carbocycles. The van der Waals surface area contributed by atoms with E-state index in [1.807, 2.05) is 6.92 Å². The molecule has 2 aromatic heterocycles. The van der Waals surface area contributed by atoms with E-state index in [4.69, 9.17) is 15.0 Å². The third-order valence-corrected chi connectivity index (χ3v) is 2.42. The van der Waals surface area contributed by atoms with E-state index in [1.54, 1.807) is 25.6 Å². The lowest BCUT2D eigenvalue weighted by Gasteiger charge is -2.04. The summed E-state index contributed by atoms with van der Waals surface area (Å²) in [6, 6.07) is 1.74. The molecule has 0 saturated heterocycles. The Labute approximate surface area is 98.8 Å². The molecule has 90 valence electrons. The molecule has 0 amide bonds. The predicted molar refractivity (Wildman–Crippen MR) is 62.1 cm³/mol. The van der Waals surface area contributed by atoms with Crippen LogP contribution in [0.1, 0.15) is 12.7 Å². The zero-order valence-electron chi connectivity index (χ0n) is 9.75. The molecule has 0 fully saturated rings. The first-order valence-electron chi connectivity index (χ1n) is 5.26. The van der Waals surface area contributed by atoms with Crippen LogP contribution in [-0.4, -0.2) is 28.3 Å². The lowest BCUT2D eigenvalue weighted by Crippen LogP contribution is -2.09. The number of aromatic nitrogens is 3. The molecular weight excluding hydrogens is 220 g/mol. The van der Waals surface area contributed by atoms with E-state index in [2.05, 4.69) is 15.1 Å². The zero-order valence-corrected chi connectivity index (χ0v) is 9.75. The number of hydrogen-bond donors (Lipinski definition) is 1. The summed E-state index contributed by atoms with van der Waals surface area (Å²) in [4.78, 5) is 8.17. The van der Waals surface area contributed by atoms with E-state index in [0.717, 1.165) is 0 Å². The van der Waals surface area contributed by atoms with Gasteiger partial charge in [0.05, 0.1) is 23.6 Å². The zero-order chi connectivity index (χ0) is 12.3. The number of pyridine rings is 1. The van der Waals surface area contributed by atoms with E-state index in [0.29, 0.717) is 29.4 Å². The van der Waals surface area contributed by atoms with Crippen LogP contribution in [0, 0.1) is 0 Å². The van der Waals surface area contributed by atoms with Gasteiger partial charge in [-0.1, -0.05) is 5.16 Å². The highest BCUT2D eigenvalue weighted by Gasteiger charge is 2.13. The summed E-state index contributed by atoms with van der Waals surface area (Å²) in [6.45, 7) is 1.94. The normalized spacial score (nSPS) is 12.6. The molecule has 2 rings (SSSR count). The van der Waals surface area contributed by atoms with Crippen LogP contribution in [-0.2, 0) is 11.2 Å². The standard InChI is InChI=1S/C11H14N4O2/c1-7(16-2)5-10-14-11(17-15-10)8-3-4-13-6-9(8)12/h3-4,6-7H,5,12H2,1-2H3. The van der Waals surface area contributed by atoms with E-state index in [-0.39, 0.29) is 6.10 Å².